The molecule has 8 nitrogen and oxygen atoms in total. The van der Waals surface area contributed by atoms with Gasteiger partial charge < -0.3 is 20.7 Å². The highest BCUT2D eigenvalue weighted by atomic mass is 32.2. The molecule has 0 aromatic heterocycles. The minimum absolute atomic E-state index is 0.00602. The van der Waals surface area contributed by atoms with Crippen LogP contribution < -0.4 is 11.1 Å². The maximum atomic E-state index is 12.4. The Kier molecular flexibility index (Phi) is 6.78. The van der Waals surface area contributed by atoms with E-state index < -0.39 is 27.5 Å². The molecule has 2 amide bonds. The van der Waals surface area contributed by atoms with Crippen LogP contribution in [0.25, 0.3) is 0 Å². The maximum absolute atomic E-state index is 12.4. The van der Waals surface area contributed by atoms with Crippen molar-refractivity contribution in [3.8, 4) is 0 Å². The van der Waals surface area contributed by atoms with Gasteiger partial charge in [-0.05, 0) is 52.4 Å². The summed E-state index contributed by atoms with van der Waals surface area (Å²) in [4.78, 5) is 26.2. The molecule has 1 saturated heterocycles. The topological polar surface area (TPSA) is 119 Å². The molecule has 0 aromatic carbocycles. The number of alkyl carbamates (subject to hydrolysis) is 1. The Bertz CT molecular complexity index is 658. The molecule has 3 N–H and O–H groups in total. The number of carbonyl (C=O) groups is 2. The van der Waals surface area contributed by atoms with Gasteiger partial charge in [-0.25, -0.2) is 13.2 Å². The summed E-state index contributed by atoms with van der Waals surface area (Å²) in [7, 11) is -3.22. The molecular weight excluding hydrogens is 370 g/mol. The van der Waals surface area contributed by atoms with Crippen LogP contribution in [0.4, 0.5) is 4.79 Å². The van der Waals surface area contributed by atoms with Crippen molar-refractivity contribution in [2.24, 2.45) is 11.7 Å². The van der Waals surface area contributed by atoms with Crippen LogP contribution in [0.5, 0.6) is 0 Å². The van der Waals surface area contributed by atoms with Crippen LogP contribution in [-0.4, -0.2) is 67.1 Å². The average molecular weight is 404 g/mol. The Morgan fingerprint density at radius 1 is 1.30 bits per heavy atom. The first-order valence-corrected chi connectivity index (χ1v) is 11.5. The fourth-order valence-corrected chi connectivity index (χ4v) is 5.13. The summed E-state index contributed by atoms with van der Waals surface area (Å²) in [5.74, 6) is -0.317. The molecule has 2 fully saturated rings. The Labute approximate surface area is 162 Å². The molecular formula is C18H33N3O5S. The number of rotatable bonds is 5. The average Bonchev–Trinajstić information content (AvgIpc) is 2.85. The molecule has 2 aliphatic rings. The molecule has 156 valence electrons. The van der Waals surface area contributed by atoms with E-state index in [-0.39, 0.29) is 35.5 Å². The van der Waals surface area contributed by atoms with Crippen molar-refractivity contribution in [2.75, 3.05) is 18.1 Å². The fourth-order valence-electron chi connectivity index (χ4n) is 3.89. The number of hydrogen-bond donors (Lipinski definition) is 2. The smallest absolute Gasteiger partial charge is 0.407 e. The maximum Gasteiger partial charge on any atom is 0.407 e. The molecule has 1 aliphatic carbocycles. The summed E-state index contributed by atoms with van der Waals surface area (Å²) in [5, 5.41) is 2.76. The highest BCUT2D eigenvalue weighted by molar-refractivity contribution is 7.91. The molecule has 0 aromatic rings. The van der Waals surface area contributed by atoms with Gasteiger partial charge in [-0.1, -0.05) is 6.92 Å². The van der Waals surface area contributed by atoms with E-state index in [1.165, 1.54) is 0 Å². The van der Waals surface area contributed by atoms with E-state index in [0.717, 1.165) is 0 Å². The zero-order valence-corrected chi connectivity index (χ0v) is 17.5. The first kappa shape index (κ1) is 21.9. The molecule has 4 atom stereocenters. The molecule has 27 heavy (non-hydrogen) atoms. The first-order chi connectivity index (χ1) is 12.4. The molecule has 4 unspecified atom stereocenters. The van der Waals surface area contributed by atoms with Gasteiger partial charge in [0.2, 0.25) is 5.91 Å². The van der Waals surface area contributed by atoms with Crippen molar-refractivity contribution in [1.29, 1.82) is 0 Å². The minimum atomic E-state index is -3.22. The second-order valence-electron chi connectivity index (χ2n) is 8.67. The zero-order chi connectivity index (χ0) is 20.4. The van der Waals surface area contributed by atoms with Crippen LogP contribution in [0, 0.1) is 5.92 Å². The summed E-state index contributed by atoms with van der Waals surface area (Å²) < 4.78 is 30.0. The summed E-state index contributed by atoms with van der Waals surface area (Å²) in [5.41, 5.74) is 5.43. The van der Waals surface area contributed by atoms with Crippen LogP contribution in [0.3, 0.4) is 0 Å². The minimum Gasteiger partial charge on any atom is -0.446 e. The van der Waals surface area contributed by atoms with Crippen molar-refractivity contribution in [3.63, 3.8) is 0 Å². The highest BCUT2D eigenvalue weighted by Crippen LogP contribution is 2.33. The number of hydrogen-bond acceptors (Lipinski definition) is 6. The summed E-state index contributed by atoms with van der Waals surface area (Å²) in [6.45, 7) is 7.77. The molecule has 1 saturated carbocycles. The largest absolute Gasteiger partial charge is 0.446 e. The van der Waals surface area contributed by atoms with E-state index in [1.807, 2.05) is 20.8 Å². The quantitative estimate of drug-likeness (QED) is 0.708. The van der Waals surface area contributed by atoms with Crippen molar-refractivity contribution in [1.82, 2.24) is 10.2 Å². The molecule has 0 bridgehead atoms. The fraction of sp³-hybridized carbons (Fsp3) is 0.889. The third-order valence-corrected chi connectivity index (χ3v) is 7.05. The SMILES string of the molecule is CCS(=O)(=O)CC1CC(OC(=O)NC(C)(C)C)CCC1N1CCC(N)C1=O. The van der Waals surface area contributed by atoms with E-state index in [4.69, 9.17) is 10.5 Å². The van der Waals surface area contributed by atoms with E-state index >= 15 is 0 Å². The molecule has 1 heterocycles. The standard InChI is InChI=1S/C18H33N3O5S/c1-5-27(24,25)11-12-10-13(26-17(23)20-18(2,3)4)6-7-15(12)21-9-8-14(19)16(21)22/h12-15H,5-11,19H2,1-4H3,(H,20,23). The van der Waals surface area contributed by atoms with Gasteiger partial charge in [0.05, 0.1) is 11.8 Å². The predicted molar refractivity (Wildman–Crippen MR) is 103 cm³/mol. The summed E-state index contributed by atoms with van der Waals surface area (Å²) in [6, 6.07) is -0.669. The first-order valence-electron chi connectivity index (χ1n) is 9.67. The van der Waals surface area contributed by atoms with Crippen molar-refractivity contribution in [2.45, 2.75) is 77.1 Å². The van der Waals surface area contributed by atoms with Crippen LogP contribution in [0.2, 0.25) is 0 Å². The Morgan fingerprint density at radius 3 is 2.48 bits per heavy atom. The van der Waals surface area contributed by atoms with Crippen LogP contribution in [-0.2, 0) is 19.4 Å². The number of nitrogens with zero attached hydrogens (tertiary/aromatic N) is 1. The molecule has 1 aliphatic heterocycles. The van der Waals surface area contributed by atoms with E-state index in [2.05, 4.69) is 5.32 Å². The van der Waals surface area contributed by atoms with Gasteiger partial charge in [0.1, 0.15) is 15.9 Å². The molecule has 9 heteroatoms. The Morgan fingerprint density at radius 2 is 1.96 bits per heavy atom. The van der Waals surface area contributed by atoms with Gasteiger partial charge in [0, 0.05) is 23.9 Å². The normalized spacial score (nSPS) is 29.7. The van der Waals surface area contributed by atoms with Crippen molar-refractivity contribution >= 4 is 21.8 Å². The molecule has 2 rings (SSSR count). The van der Waals surface area contributed by atoms with Gasteiger partial charge in [-0.15, -0.1) is 0 Å². The number of amides is 2. The number of sulfone groups is 1. The van der Waals surface area contributed by atoms with Gasteiger partial charge in [-0.3, -0.25) is 4.79 Å². The van der Waals surface area contributed by atoms with Gasteiger partial charge in [-0.2, -0.15) is 0 Å². The molecule has 0 spiro atoms. The second kappa shape index (κ2) is 8.34. The zero-order valence-electron chi connectivity index (χ0n) is 16.7. The predicted octanol–water partition coefficient (Wildman–Crippen LogP) is 1.04. The van der Waals surface area contributed by atoms with Crippen molar-refractivity contribution < 1.29 is 22.7 Å². The summed E-state index contributed by atoms with van der Waals surface area (Å²) >= 11 is 0. The third kappa shape index (κ3) is 6.07. The van der Waals surface area contributed by atoms with Crippen molar-refractivity contribution in [3.05, 3.63) is 0 Å². The van der Waals surface area contributed by atoms with E-state index in [1.54, 1.807) is 11.8 Å². The lowest BCUT2D eigenvalue weighted by molar-refractivity contribution is -0.133. The van der Waals surface area contributed by atoms with Gasteiger partial charge in [0.25, 0.3) is 0 Å². The van der Waals surface area contributed by atoms with Crippen LogP contribution in [0.15, 0.2) is 0 Å². The van der Waals surface area contributed by atoms with E-state index in [9.17, 15) is 18.0 Å². The lowest BCUT2D eigenvalue weighted by Crippen LogP contribution is -2.51. The number of carbonyl (C=O) groups excluding carboxylic acids is 2. The summed E-state index contributed by atoms with van der Waals surface area (Å²) in [6.07, 6.45) is 1.38. The van der Waals surface area contributed by atoms with Gasteiger partial charge in [0.15, 0.2) is 0 Å². The Hall–Kier alpha value is -1.35. The van der Waals surface area contributed by atoms with Crippen LogP contribution >= 0.6 is 0 Å². The molecule has 0 radical (unpaired) electrons. The lowest BCUT2D eigenvalue weighted by atomic mass is 9.83. The number of nitrogens with one attached hydrogen (secondary N) is 1. The number of likely N-dealkylation sites (tertiary alicyclic amines) is 1. The highest BCUT2D eigenvalue weighted by Gasteiger charge is 2.42. The third-order valence-electron chi connectivity index (χ3n) is 5.23. The monoisotopic (exact) mass is 403 g/mol. The Balaban J connectivity index is 2.10. The lowest BCUT2D eigenvalue weighted by Gasteiger charge is -2.40. The van der Waals surface area contributed by atoms with Gasteiger partial charge >= 0.3 is 6.09 Å². The number of nitrogens with two attached hydrogens (primary N) is 1. The van der Waals surface area contributed by atoms with Crippen LogP contribution in [0.1, 0.15) is 53.4 Å². The number of ether oxygens (including phenoxy) is 1. The second-order valence-corrected chi connectivity index (χ2v) is 11.1. The van der Waals surface area contributed by atoms with E-state index in [0.29, 0.717) is 32.2 Å².